The van der Waals surface area contributed by atoms with Crippen LogP contribution in [-0.2, 0) is 14.3 Å². The van der Waals surface area contributed by atoms with E-state index < -0.39 is 17.7 Å². The van der Waals surface area contributed by atoms with Crippen LogP contribution in [0.2, 0.25) is 0 Å². The first-order valence-corrected chi connectivity index (χ1v) is 13.4. The molecule has 0 bridgehead atoms. The number of ether oxygens (including phenoxy) is 1. The fourth-order valence-corrected chi connectivity index (χ4v) is 3.84. The maximum Gasteiger partial charge on any atom is 0.408 e. The van der Waals surface area contributed by atoms with Gasteiger partial charge in [-0.1, -0.05) is 83.2 Å². The lowest BCUT2D eigenvalue weighted by atomic mass is 10.0. The van der Waals surface area contributed by atoms with Gasteiger partial charge in [0.25, 0.3) is 0 Å². The smallest absolute Gasteiger partial charge is 0.408 e. The van der Waals surface area contributed by atoms with Crippen LogP contribution in [-0.4, -0.2) is 48.0 Å². The molecule has 0 aliphatic carbocycles. The maximum absolute atomic E-state index is 13.4. The van der Waals surface area contributed by atoms with Crippen LogP contribution in [0.25, 0.3) is 6.08 Å². The van der Waals surface area contributed by atoms with Crippen LogP contribution in [0.4, 0.5) is 4.79 Å². The van der Waals surface area contributed by atoms with Gasteiger partial charge in [0.1, 0.15) is 18.2 Å². The number of carbonyl (C=O) groups is 3. The Hall–Kier alpha value is -2.83. The summed E-state index contributed by atoms with van der Waals surface area (Å²) in [4.78, 5) is 40.6. The van der Waals surface area contributed by atoms with Crippen LogP contribution < -0.4 is 10.6 Å². The molecule has 7 nitrogen and oxygen atoms in total. The van der Waals surface area contributed by atoms with Crippen LogP contribution in [0.15, 0.2) is 30.8 Å². The van der Waals surface area contributed by atoms with Crippen LogP contribution in [0.5, 0.6) is 0 Å². The predicted octanol–water partition coefficient (Wildman–Crippen LogP) is 6.00. The van der Waals surface area contributed by atoms with E-state index in [1.807, 2.05) is 24.3 Å². The minimum atomic E-state index is -0.801. The topological polar surface area (TPSA) is 87.7 Å². The van der Waals surface area contributed by atoms with Crippen molar-refractivity contribution in [2.75, 3.05) is 19.6 Å². The third-order valence-electron chi connectivity index (χ3n) is 5.71. The average Bonchev–Trinajstić information content (AvgIpc) is 2.83. The first-order chi connectivity index (χ1) is 17.1. The van der Waals surface area contributed by atoms with E-state index >= 15 is 0 Å². The molecule has 0 saturated carbocycles. The molecule has 202 valence electrons. The van der Waals surface area contributed by atoms with Crippen molar-refractivity contribution in [1.82, 2.24) is 15.5 Å². The first-order valence-electron chi connectivity index (χ1n) is 13.4. The first kappa shape index (κ1) is 31.2. The van der Waals surface area contributed by atoms with E-state index in [2.05, 4.69) is 31.1 Å². The summed E-state index contributed by atoms with van der Waals surface area (Å²) in [6.45, 7) is 14.1. The summed E-state index contributed by atoms with van der Waals surface area (Å²) < 4.78 is 5.28. The second-order valence-electron chi connectivity index (χ2n) is 10.1. The number of rotatable bonds is 16. The Morgan fingerprint density at radius 1 is 1.00 bits per heavy atom. The zero-order valence-electron chi connectivity index (χ0n) is 23.0. The lowest BCUT2D eigenvalue weighted by Crippen LogP contribution is -2.48. The van der Waals surface area contributed by atoms with Crippen molar-refractivity contribution in [3.63, 3.8) is 0 Å². The highest BCUT2D eigenvalue weighted by molar-refractivity contribution is 5.90. The molecular formula is C29H47N3O4. The molecule has 36 heavy (non-hydrogen) atoms. The van der Waals surface area contributed by atoms with E-state index in [9.17, 15) is 14.4 Å². The number of hydrogen-bond acceptors (Lipinski definition) is 4. The zero-order chi connectivity index (χ0) is 27.0. The SMILES string of the molecule is C=Cc1cccc(C(C(=O)NCCCC)N(CCCCCCCC)C(=O)CNC(=O)OC(C)(C)C)c1. The molecule has 1 unspecified atom stereocenters. The molecule has 1 aromatic rings. The van der Waals surface area contributed by atoms with Gasteiger partial charge in [-0.3, -0.25) is 9.59 Å². The number of amides is 3. The molecule has 1 atom stereocenters. The van der Waals surface area contributed by atoms with Gasteiger partial charge in [0.2, 0.25) is 11.8 Å². The summed E-state index contributed by atoms with van der Waals surface area (Å²) in [6.07, 6.45) is 9.24. The van der Waals surface area contributed by atoms with Crippen LogP contribution in [0.1, 0.15) is 103 Å². The van der Waals surface area contributed by atoms with Gasteiger partial charge < -0.3 is 20.3 Å². The monoisotopic (exact) mass is 501 g/mol. The number of nitrogens with zero attached hydrogens (tertiary/aromatic N) is 1. The summed E-state index contributed by atoms with van der Waals surface area (Å²) in [7, 11) is 0. The molecule has 0 aliphatic heterocycles. The number of benzene rings is 1. The lowest BCUT2D eigenvalue weighted by Gasteiger charge is -2.32. The molecule has 2 N–H and O–H groups in total. The van der Waals surface area contributed by atoms with Crippen molar-refractivity contribution in [3.05, 3.63) is 42.0 Å². The molecule has 0 heterocycles. The van der Waals surface area contributed by atoms with Gasteiger partial charge in [0, 0.05) is 13.1 Å². The summed E-state index contributed by atoms with van der Waals surface area (Å²) in [5.74, 6) is -0.546. The van der Waals surface area contributed by atoms with E-state index in [1.165, 1.54) is 12.8 Å². The zero-order valence-corrected chi connectivity index (χ0v) is 23.0. The molecule has 0 saturated heterocycles. The largest absolute Gasteiger partial charge is 0.444 e. The van der Waals surface area contributed by atoms with Crippen molar-refractivity contribution in [2.45, 2.75) is 97.6 Å². The number of hydrogen-bond donors (Lipinski definition) is 2. The normalized spacial score (nSPS) is 11.9. The van der Waals surface area contributed by atoms with Crippen molar-refractivity contribution in [3.8, 4) is 0 Å². The molecular weight excluding hydrogens is 454 g/mol. The fraction of sp³-hybridized carbons (Fsp3) is 0.621. The van der Waals surface area contributed by atoms with Crippen molar-refractivity contribution >= 4 is 24.0 Å². The third kappa shape index (κ3) is 12.2. The van der Waals surface area contributed by atoms with Gasteiger partial charge in [-0.05, 0) is 50.8 Å². The van der Waals surface area contributed by atoms with Gasteiger partial charge in [-0.15, -0.1) is 0 Å². The molecule has 0 spiro atoms. The van der Waals surface area contributed by atoms with E-state index in [1.54, 1.807) is 31.7 Å². The molecule has 0 radical (unpaired) electrons. The highest BCUT2D eigenvalue weighted by Crippen LogP contribution is 2.24. The van der Waals surface area contributed by atoms with E-state index in [0.717, 1.165) is 49.7 Å². The number of unbranched alkanes of at least 4 members (excludes halogenated alkanes) is 6. The van der Waals surface area contributed by atoms with Gasteiger partial charge in [-0.25, -0.2) is 4.79 Å². The van der Waals surface area contributed by atoms with E-state index in [4.69, 9.17) is 4.74 Å². The quantitative estimate of drug-likeness (QED) is 0.272. The summed E-state index contributed by atoms with van der Waals surface area (Å²) in [5.41, 5.74) is 0.925. The van der Waals surface area contributed by atoms with Crippen LogP contribution in [0.3, 0.4) is 0 Å². The van der Waals surface area contributed by atoms with Gasteiger partial charge in [0.15, 0.2) is 0 Å². The fourth-order valence-electron chi connectivity index (χ4n) is 3.84. The number of nitrogens with one attached hydrogen (secondary N) is 2. The minimum absolute atomic E-state index is 0.221. The Morgan fingerprint density at radius 2 is 1.67 bits per heavy atom. The van der Waals surface area contributed by atoms with Crippen molar-refractivity contribution in [1.29, 1.82) is 0 Å². The molecule has 1 aromatic carbocycles. The average molecular weight is 502 g/mol. The highest BCUT2D eigenvalue weighted by Gasteiger charge is 2.31. The van der Waals surface area contributed by atoms with Crippen molar-refractivity contribution in [2.24, 2.45) is 0 Å². The predicted molar refractivity (Wildman–Crippen MR) is 147 cm³/mol. The van der Waals surface area contributed by atoms with Crippen molar-refractivity contribution < 1.29 is 19.1 Å². The second-order valence-corrected chi connectivity index (χ2v) is 10.1. The Bertz CT molecular complexity index is 832. The Balaban J connectivity index is 3.16. The third-order valence-corrected chi connectivity index (χ3v) is 5.71. The highest BCUT2D eigenvalue weighted by atomic mass is 16.6. The molecule has 0 aliphatic rings. The number of alkyl carbamates (subject to hydrolysis) is 1. The molecule has 3 amide bonds. The number of carbonyl (C=O) groups excluding carboxylic acids is 3. The minimum Gasteiger partial charge on any atom is -0.444 e. The maximum atomic E-state index is 13.4. The second kappa shape index (κ2) is 16.8. The lowest BCUT2D eigenvalue weighted by molar-refractivity contribution is -0.140. The standard InChI is InChI=1S/C29H47N3O4/c1-7-10-12-13-14-15-20-32(25(33)22-31-28(35)36-29(4,5)6)26(27(34)30-19-11-8-2)24-18-16-17-23(9-3)21-24/h9,16-18,21,26H,3,7-8,10-15,19-20,22H2,1-2,4-6H3,(H,30,34)(H,31,35). The van der Waals surface area contributed by atoms with Crippen LogP contribution in [0, 0.1) is 0 Å². The summed E-state index contributed by atoms with van der Waals surface area (Å²) in [6, 6.07) is 6.72. The molecule has 1 rings (SSSR count). The Morgan fingerprint density at radius 3 is 2.31 bits per heavy atom. The molecule has 7 heteroatoms. The van der Waals surface area contributed by atoms with Gasteiger partial charge >= 0.3 is 6.09 Å². The molecule has 0 aromatic heterocycles. The van der Waals surface area contributed by atoms with Crippen LogP contribution >= 0.6 is 0 Å². The summed E-state index contributed by atoms with van der Waals surface area (Å²) >= 11 is 0. The summed E-state index contributed by atoms with van der Waals surface area (Å²) in [5, 5.41) is 5.56. The molecule has 0 fully saturated rings. The van der Waals surface area contributed by atoms with Gasteiger partial charge in [-0.2, -0.15) is 0 Å². The Kier molecular flexibility index (Phi) is 14.5. The Labute approximate surface area is 218 Å². The van der Waals surface area contributed by atoms with E-state index in [-0.39, 0.29) is 18.4 Å². The van der Waals surface area contributed by atoms with E-state index in [0.29, 0.717) is 13.1 Å². The van der Waals surface area contributed by atoms with Gasteiger partial charge in [0.05, 0.1) is 0 Å².